The fourth-order valence-electron chi connectivity index (χ4n) is 2.27. The Balaban J connectivity index is 2.03. The summed E-state index contributed by atoms with van der Waals surface area (Å²) in [6.45, 7) is 2.09. The topological polar surface area (TPSA) is 29.5 Å². The van der Waals surface area contributed by atoms with Gasteiger partial charge in [0.05, 0.1) is 5.56 Å². The van der Waals surface area contributed by atoms with Crippen LogP contribution in [-0.2, 0) is 4.74 Å². The maximum absolute atomic E-state index is 13.6. The van der Waals surface area contributed by atoms with Crippen molar-refractivity contribution in [3.63, 3.8) is 0 Å². The zero-order valence-corrected chi connectivity index (χ0v) is 11.6. The van der Waals surface area contributed by atoms with Crippen molar-refractivity contribution in [1.82, 2.24) is 4.90 Å². The van der Waals surface area contributed by atoms with Crippen LogP contribution in [0.25, 0.3) is 0 Å². The molecular weight excluding hydrogens is 269 g/mol. The van der Waals surface area contributed by atoms with Crippen LogP contribution in [0.5, 0.6) is 0 Å². The quantitative estimate of drug-likeness (QED) is 0.854. The summed E-state index contributed by atoms with van der Waals surface area (Å²) in [7, 11) is 1.69. The van der Waals surface area contributed by atoms with E-state index in [0.29, 0.717) is 17.5 Å². The second-order valence-corrected chi connectivity index (χ2v) is 5.30. The van der Waals surface area contributed by atoms with E-state index in [-0.39, 0.29) is 11.5 Å². The normalized spacial score (nSPS) is 16.4. The third-order valence-corrected chi connectivity index (χ3v) is 3.61. The Labute approximate surface area is 117 Å². The van der Waals surface area contributed by atoms with Crippen LogP contribution in [0.1, 0.15) is 23.2 Å². The van der Waals surface area contributed by atoms with E-state index in [2.05, 4.69) is 0 Å². The highest BCUT2D eigenvalue weighted by atomic mass is 35.5. The number of carbonyl (C=O) groups is 1. The number of benzene rings is 1. The molecule has 1 aromatic carbocycles. The van der Waals surface area contributed by atoms with Crippen molar-refractivity contribution in [2.45, 2.75) is 12.8 Å². The Bertz CT molecular complexity index is 461. The number of nitrogens with zero attached hydrogens (tertiary/aromatic N) is 1. The second-order valence-electron chi connectivity index (χ2n) is 4.87. The van der Waals surface area contributed by atoms with Gasteiger partial charge in [0.2, 0.25) is 0 Å². The molecular formula is C14H17ClFNO2. The lowest BCUT2D eigenvalue weighted by Gasteiger charge is -2.27. The van der Waals surface area contributed by atoms with Crippen molar-refractivity contribution >= 4 is 17.5 Å². The van der Waals surface area contributed by atoms with Crippen LogP contribution in [0.3, 0.4) is 0 Å². The van der Waals surface area contributed by atoms with Gasteiger partial charge in [-0.15, -0.1) is 0 Å². The van der Waals surface area contributed by atoms with Gasteiger partial charge < -0.3 is 9.64 Å². The summed E-state index contributed by atoms with van der Waals surface area (Å²) >= 11 is 5.80. The molecule has 3 nitrogen and oxygen atoms in total. The Morgan fingerprint density at radius 2 is 2.16 bits per heavy atom. The fraction of sp³-hybridized carbons (Fsp3) is 0.500. The van der Waals surface area contributed by atoms with Crippen LogP contribution in [0.15, 0.2) is 18.2 Å². The Hall–Kier alpha value is -1.13. The summed E-state index contributed by atoms with van der Waals surface area (Å²) in [4.78, 5) is 13.7. The molecule has 0 aromatic heterocycles. The Morgan fingerprint density at radius 1 is 1.47 bits per heavy atom. The highest BCUT2D eigenvalue weighted by Gasteiger charge is 2.21. The zero-order chi connectivity index (χ0) is 13.8. The Morgan fingerprint density at radius 3 is 2.84 bits per heavy atom. The zero-order valence-electron chi connectivity index (χ0n) is 10.9. The largest absolute Gasteiger partial charge is 0.381 e. The van der Waals surface area contributed by atoms with Crippen LogP contribution >= 0.6 is 11.6 Å². The maximum atomic E-state index is 13.6. The predicted molar refractivity (Wildman–Crippen MR) is 71.9 cm³/mol. The van der Waals surface area contributed by atoms with Gasteiger partial charge in [-0.1, -0.05) is 11.6 Å². The number of halogens is 2. The number of rotatable bonds is 3. The number of carbonyl (C=O) groups excluding carboxylic acids is 1. The van der Waals surface area contributed by atoms with Crippen LogP contribution in [0.2, 0.25) is 5.02 Å². The summed E-state index contributed by atoms with van der Waals surface area (Å²) < 4.78 is 18.9. The van der Waals surface area contributed by atoms with Gasteiger partial charge in [-0.25, -0.2) is 4.39 Å². The molecule has 0 bridgehead atoms. The SMILES string of the molecule is CN(CC1CCOCC1)C(=O)c1cc(Cl)ccc1F. The minimum atomic E-state index is -0.534. The molecule has 1 aromatic rings. The lowest BCUT2D eigenvalue weighted by Crippen LogP contribution is -2.34. The molecule has 0 atom stereocenters. The van der Waals surface area contributed by atoms with E-state index < -0.39 is 5.82 Å². The molecule has 0 unspecified atom stereocenters. The highest BCUT2D eigenvalue weighted by Crippen LogP contribution is 2.19. The minimum absolute atomic E-state index is 0.0297. The van der Waals surface area contributed by atoms with Gasteiger partial charge in [0.25, 0.3) is 5.91 Å². The minimum Gasteiger partial charge on any atom is -0.381 e. The highest BCUT2D eigenvalue weighted by molar-refractivity contribution is 6.30. The van der Waals surface area contributed by atoms with Crippen LogP contribution in [0.4, 0.5) is 4.39 Å². The smallest absolute Gasteiger partial charge is 0.256 e. The number of hydrogen-bond donors (Lipinski definition) is 0. The maximum Gasteiger partial charge on any atom is 0.256 e. The van der Waals surface area contributed by atoms with E-state index in [1.54, 1.807) is 11.9 Å². The molecule has 0 radical (unpaired) electrons. The van der Waals surface area contributed by atoms with Crippen molar-refractivity contribution in [2.24, 2.45) is 5.92 Å². The molecule has 0 spiro atoms. The number of amides is 1. The molecule has 104 valence electrons. The van der Waals surface area contributed by atoms with Crippen LogP contribution < -0.4 is 0 Å². The van der Waals surface area contributed by atoms with E-state index >= 15 is 0 Å². The van der Waals surface area contributed by atoms with E-state index in [1.165, 1.54) is 18.2 Å². The van der Waals surface area contributed by atoms with Gasteiger partial charge >= 0.3 is 0 Å². The lowest BCUT2D eigenvalue weighted by atomic mass is 9.99. The fourth-order valence-corrected chi connectivity index (χ4v) is 2.44. The molecule has 0 N–H and O–H groups in total. The molecule has 1 amide bonds. The van der Waals surface area contributed by atoms with Crippen molar-refractivity contribution in [3.8, 4) is 0 Å². The van der Waals surface area contributed by atoms with Crippen molar-refractivity contribution in [3.05, 3.63) is 34.6 Å². The third kappa shape index (κ3) is 3.67. The Kier molecular flexibility index (Phi) is 4.77. The summed E-state index contributed by atoms with van der Waals surface area (Å²) in [6.07, 6.45) is 1.88. The van der Waals surface area contributed by atoms with Crippen LogP contribution in [0, 0.1) is 11.7 Å². The van der Waals surface area contributed by atoms with Crippen molar-refractivity contribution in [1.29, 1.82) is 0 Å². The summed E-state index contributed by atoms with van der Waals surface area (Å²) in [5, 5.41) is 0.365. The van der Waals surface area contributed by atoms with Gasteiger partial charge in [0.1, 0.15) is 5.82 Å². The van der Waals surface area contributed by atoms with Crippen molar-refractivity contribution in [2.75, 3.05) is 26.8 Å². The lowest BCUT2D eigenvalue weighted by molar-refractivity contribution is 0.0495. The third-order valence-electron chi connectivity index (χ3n) is 3.38. The standard InChI is InChI=1S/C14H17ClFNO2/c1-17(9-10-4-6-19-7-5-10)14(18)12-8-11(15)2-3-13(12)16/h2-3,8,10H,4-7,9H2,1H3. The summed E-state index contributed by atoms with van der Waals surface area (Å²) in [6, 6.07) is 4.03. The molecule has 1 aliphatic heterocycles. The first kappa shape index (κ1) is 14.3. The van der Waals surface area contributed by atoms with E-state index in [1.807, 2.05) is 0 Å². The van der Waals surface area contributed by atoms with Crippen molar-refractivity contribution < 1.29 is 13.9 Å². The molecule has 5 heteroatoms. The number of ether oxygens (including phenoxy) is 1. The molecule has 1 fully saturated rings. The monoisotopic (exact) mass is 285 g/mol. The molecule has 19 heavy (non-hydrogen) atoms. The average Bonchev–Trinajstić information content (AvgIpc) is 2.42. The summed E-state index contributed by atoms with van der Waals surface area (Å²) in [5.74, 6) is -0.440. The molecule has 1 aliphatic rings. The van der Waals surface area contributed by atoms with Gasteiger partial charge in [0, 0.05) is 31.8 Å². The molecule has 1 heterocycles. The predicted octanol–water partition coefficient (Wildman–Crippen LogP) is 2.98. The first-order valence-electron chi connectivity index (χ1n) is 6.36. The molecule has 2 rings (SSSR count). The van der Waals surface area contributed by atoms with Gasteiger partial charge in [0.15, 0.2) is 0 Å². The first-order valence-corrected chi connectivity index (χ1v) is 6.74. The second kappa shape index (κ2) is 6.35. The van der Waals surface area contributed by atoms with Crippen LogP contribution in [-0.4, -0.2) is 37.6 Å². The van der Waals surface area contributed by atoms with E-state index in [0.717, 1.165) is 26.1 Å². The van der Waals surface area contributed by atoms with Gasteiger partial charge in [-0.2, -0.15) is 0 Å². The first-order chi connectivity index (χ1) is 9.08. The van der Waals surface area contributed by atoms with E-state index in [9.17, 15) is 9.18 Å². The average molecular weight is 286 g/mol. The van der Waals surface area contributed by atoms with Gasteiger partial charge in [-0.05, 0) is 37.0 Å². The summed E-state index contributed by atoms with van der Waals surface area (Å²) in [5.41, 5.74) is 0.0297. The molecule has 1 saturated heterocycles. The number of hydrogen-bond acceptors (Lipinski definition) is 2. The van der Waals surface area contributed by atoms with Gasteiger partial charge in [-0.3, -0.25) is 4.79 Å². The molecule has 0 aliphatic carbocycles. The molecule has 0 saturated carbocycles. The van der Waals surface area contributed by atoms with E-state index in [4.69, 9.17) is 16.3 Å².